The highest BCUT2D eigenvalue weighted by Crippen LogP contribution is 2.40. The molecule has 17 heavy (non-hydrogen) atoms. The molecule has 0 saturated heterocycles. The summed E-state index contributed by atoms with van der Waals surface area (Å²) in [6.45, 7) is 2.25. The van der Waals surface area contributed by atoms with E-state index in [1.165, 1.54) is 19.3 Å². The van der Waals surface area contributed by atoms with E-state index in [0.29, 0.717) is 16.3 Å². The zero-order chi connectivity index (χ0) is 12.4. The van der Waals surface area contributed by atoms with Crippen LogP contribution in [0.15, 0.2) is 19.6 Å². The monoisotopic (exact) mass is 364 g/mol. The smallest absolute Gasteiger partial charge is 0.183 e. The highest BCUT2D eigenvalue weighted by molar-refractivity contribution is 9.13. The largest absolute Gasteiger partial charge is 0.450 e. The molecule has 2 rings (SSSR count). The van der Waals surface area contributed by atoms with Gasteiger partial charge in [-0.1, -0.05) is 26.2 Å². The highest BCUT2D eigenvalue weighted by Gasteiger charge is 2.29. The summed E-state index contributed by atoms with van der Waals surface area (Å²) in [5.41, 5.74) is 0. The zero-order valence-electron chi connectivity index (χ0n) is 9.96. The van der Waals surface area contributed by atoms with Crippen LogP contribution in [-0.2, 0) is 0 Å². The Hall–Kier alpha value is 0.200. The Morgan fingerprint density at radius 2 is 2.00 bits per heavy atom. The van der Waals surface area contributed by atoms with Crippen molar-refractivity contribution in [3.8, 4) is 0 Å². The van der Waals surface area contributed by atoms with Gasteiger partial charge in [-0.05, 0) is 62.6 Å². The third-order valence-corrected chi connectivity index (χ3v) is 5.58. The maximum atomic E-state index is 10.3. The Bertz CT molecular complexity index is 348. The lowest BCUT2D eigenvalue weighted by atomic mass is 9.78. The van der Waals surface area contributed by atoms with Crippen LogP contribution in [0.5, 0.6) is 0 Å². The number of hydrogen-bond donors (Lipinski definition) is 1. The van der Waals surface area contributed by atoms with Crippen LogP contribution in [0.2, 0.25) is 0 Å². The van der Waals surface area contributed by atoms with Gasteiger partial charge >= 0.3 is 0 Å². The van der Waals surface area contributed by atoms with E-state index in [-0.39, 0.29) is 0 Å². The predicted molar refractivity (Wildman–Crippen MR) is 74.8 cm³/mol. The number of hydrogen-bond acceptors (Lipinski definition) is 2. The number of halogens is 2. The lowest BCUT2D eigenvalue weighted by Crippen LogP contribution is -2.19. The van der Waals surface area contributed by atoms with Crippen LogP contribution in [0.1, 0.15) is 50.9 Å². The fourth-order valence-electron chi connectivity index (χ4n) is 2.65. The molecule has 0 aliphatic heterocycles. The van der Waals surface area contributed by atoms with Crippen molar-refractivity contribution in [1.29, 1.82) is 0 Å². The van der Waals surface area contributed by atoms with E-state index in [1.807, 2.05) is 6.07 Å². The summed E-state index contributed by atoms with van der Waals surface area (Å²) in [7, 11) is 0. The molecule has 0 radical (unpaired) electrons. The second-order valence-corrected chi connectivity index (χ2v) is 6.48. The Balaban J connectivity index is 1.99. The molecule has 1 N–H and O–H groups in total. The first-order chi connectivity index (χ1) is 8.11. The number of aliphatic hydroxyl groups excluding tert-OH is 1. The van der Waals surface area contributed by atoms with Gasteiger partial charge in [0.1, 0.15) is 11.9 Å². The number of furan rings is 1. The zero-order valence-corrected chi connectivity index (χ0v) is 13.1. The Kier molecular flexibility index (Phi) is 4.72. The van der Waals surface area contributed by atoms with Crippen molar-refractivity contribution >= 4 is 31.9 Å². The van der Waals surface area contributed by atoms with Crippen molar-refractivity contribution in [2.24, 2.45) is 11.8 Å². The van der Waals surface area contributed by atoms with E-state index in [2.05, 4.69) is 38.8 Å². The molecule has 1 aliphatic carbocycles. The van der Waals surface area contributed by atoms with Crippen LogP contribution < -0.4 is 0 Å². The summed E-state index contributed by atoms with van der Waals surface area (Å²) in [5, 5.41) is 10.3. The Morgan fingerprint density at radius 3 is 2.47 bits per heavy atom. The standard InChI is InChI=1S/C13H18Br2O2/c1-2-8-3-5-9(6-4-8)12(16)11-7-10(14)13(15)17-11/h7-9,12,16H,2-6H2,1H3. The average molecular weight is 366 g/mol. The van der Waals surface area contributed by atoms with Crippen LogP contribution in [0.25, 0.3) is 0 Å². The molecule has 0 bridgehead atoms. The average Bonchev–Trinajstić information content (AvgIpc) is 2.69. The van der Waals surface area contributed by atoms with Crippen LogP contribution in [0, 0.1) is 11.8 Å². The quantitative estimate of drug-likeness (QED) is 0.812. The van der Waals surface area contributed by atoms with Gasteiger partial charge in [0.2, 0.25) is 0 Å². The molecule has 0 amide bonds. The molecule has 1 aliphatic rings. The van der Waals surface area contributed by atoms with Gasteiger partial charge in [0.15, 0.2) is 4.67 Å². The molecule has 0 spiro atoms. The fraction of sp³-hybridized carbons (Fsp3) is 0.692. The molecule has 1 heterocycles. The van der Waals surface area contributed by atoms with E-state index in [0.717, 1.165) is 23.2 Å². The summed E-state index contributed by atoms with van der Waals surface area (Å²) in [6, 6.07) is 1.86. The van der Waals surface area contributed by atoms with Gasteiger partial charge in [-0.15, -0.1) is 0 Å². The van der Waals surface area contributed by atoms with Crippen molar-refractivity contribution in [1.82, 2.24) is 0 Å². The minimum absolute atomic E-state index is 0.350. The first-order valence-electron chi connectivity index (χ1n) is 6.24. The molecule has 0 aromatic carbocycles. The van der Waals surface area contributed by atoms with E-state index in [4.69, 9.17) is 4.42 Å². The Labute approximate surface area is 119 Å². The van der Waals surface area contributed by atoms with Gasteiger partial charge in [0.05, 0.1) is 4.47 Å². The SMILES string of the molecule is CCC1CCC(C(O)c2cc(Br)c(Br)o2)CC1. The summed E-state index contributed by atoms with van der Waals surface area (Å²) in [6.07, 6.45) is 5.49. The summed E-state index contributed by atoms with van der Waals surface area (Å²) >= 11 is 6.68. The topological polar surface area (TPSA) is 33.4 Å². The summed E-state index contributed by atoms with van der Waals surface area (Å²) < 4.78 is 7.03. The van der Waals surface area contributed by atoms with Crippen LogP contribution in [0.3, 0.4) is 0 Å². The third kappa shape index (κ3) is 3.15. The normalized spacial score (nSPS) is 27.1. The summed E-state index contributed by atoms with van der Waals surface area (Å²) in [4.78, 5) is 0. The molecular formula is C13H18Br2O2. The van der Waals surface area contributed by atoms with Gasteiger partial charge in [-0.3, -0.25) is 0 Å². The molecule has 1 aromatic rings. The molecule has 1 unspecified atom stereocenters. The maximum absolute atomic E-state index is 10.3. The van der Waals surface area contributed by atoms with Gasteiger partial charge in [-0.2, -0.15) is 0 Å². The molecule has 1 saturated carbocycles. The van der Waals surface area contributed by atoms with Crippen LogP contribution >= 0.6 is 31.9 Å². The van der Waals surface area contributed by atoms with Gasteiger partial charge < -0.3 is 9.52 Å². The lowest BCUT2D eigenvalue weighted by molar-refractivity contribution is 0.0546. The highest BCUT2D eigenvalue weighted by atomic mass is 79.9. The van der Waals surface area contributed by atoms with E-state index < -0.39 is 6.10 Å². The first kappa shape index (κ1) is 13.6. The molecule has 1 atom stereocenters. The summed E-state index contributed by atoms with van der Waals surface area (Å²) in [5.74, 6) is 1.87. The Morgan fingerprint density at radius 1 is 1.35 bits per heavy atom. The second-order valence-electron chi connectivity index (χ2n) is 4.90. The van der Waals surface area contributed by atoms with Crippen molar-refractivity contribution in [2.75, 3.05) is 0 Å². The van der Waals surface area contributed by atoms with E-state index in [1.54, 1.807) is 0 Å². The number of rotatable bonds is 3. The minimum Gasteiger partial charge on any atom is -0.450 e. The van der Waals surface area contributed by atoms with Gasteiger partial charge in [-0.25, -0.2) is 0 Å². The maximum Gasteiger partial charge on any atom is 0.183 e. The van der Waals surface area contributed by atoms with Gasteiger partial charge in [0.25, 0.3) is 0 Å². The van der Waals surface area contributed by atoms with Crippen LogP contribution in [0.4, 0.5) is 0 Å². The molecule has 96 valence electrons. The first-order valence-corrected chi connectivity index (χ1v) is 7.83. The molecule has 1 aromatic heterocycles. The molecule has 2 nitrogen and oxygen atoms in total. The van der Waals surface area contributed by atoms with E-state index >= 15 is 0 Å². The predicted octanol–water partition coefficient (Wildman–Crippen LogP) is 5.05. The van der Waals surface area contributed by atoms with Crippen molar-refractivity contribution in [2.45, 2.75) is 45.1 Å². The second kappa shape index (κ2) is 5.89. The molecular weight excluding hydrogens is 348 g/mol. The van der Waals surface area contributed by atoms with Gasteiger partial charge in [0, 0.05) is 0 Å². The van der Waals surface area contributed by atoms with Crippen molar-refractivity contribution in [3.63, 3.8) is 0 Å². The molecule has 4 heteroatoms. The van der Waals surface area contributed by atoms with Crippen molar-refractivity contribution < 1.29 is 9.52 Å². The van der Waals surface area contributed by atoms with Crippen molar-refractivity contribution in [3.05, 3.63) is 21.0 Å². The number of aliphatic hydroxyl groups is 1. The lowest BCUT2D eigenvalue weighted by Gasteiger charge is -2.30. The fourth-order valence-corrected chi connectivity index (χ4v) is 3.26. The third-order valence-electron chi connectivity index (χ3n) is 3.87. The van der Waals surface area contributed by atoms with Crippen LogP contribution in [-0.4, -0.2) is 5.11 Å². The van der Waals surface area contributed by atoms with E-state index in [9.17, 15) is 5.11 Å². The molecule has 1 fully saturated rings. The minimum atomic E-state index is -0.463.